The molecule has 0 aliphatic rings. The van der Waals surface area contributed by atoms with Gasteiger partial charge in [-0.3, -0.25) is 0 Å². The van der Waals surface area contributed by atoms with E-state index >= 15 is 0 Å². The van der Waals surface area contributed by atoms with Crippen LogP contribution in [0.4, 0.5) is 17.5 Å². The van der Waals surface area contributed by atoms with Crippen molar-refractivity contribution in [3.05, 3.63) is 53.6 Å². The summed E-state index contributed by atoms with van der Waals surface area (Å²) >= 11 is 0. The molecule has 8 heteroatoms. The summed E-state index contributed by atoms with van der Waals surface area (Å²) in [5.41, 5.74) is 15.5. The van der Waals surface area contributed by atoms with Crippen LogP contribution in [0.3, 0.4) is 0 Å². The van der Waals surface area contributed by atoms with E-state index in [0.717, 1.165) is 23.0 Å². The minimum Gasteiger partial charge on any atom is -0.403 e. The Morgan fingerprint density at radius 2 is 1.90 bits per heavy atom. The highest BCUT2D eigenvalue weighted by molar-refractivity contribution is 5.93. The third kappa shape index (κ3) is 4.22. The summed E-state index contributed by atoms with van der Waals surface area (Å²) in [6.07, 6.45) is 6.06. The van der Waals surface area contributed by atoms with Gasteiger partial charge in [0.25, 0.3) is 0 Å². The normalized spacial score (nSPS) is 12.8. The number of aromatic nitrogens is 3. The lowest BCUT2D eigenvalue weighted by molar-refractivity contribution is 0.508. The molecule has 0 aliphatic heterocycles. The molecule has 0 amide bonds. The highest BCUT2D eigenvalue weighted by Crippen LogP contribution is 2.28. The first-order chi connectivity index (χ1) is 13.8. The number of nitrogens with two attached hydrogens (primary N) is 3. The van der Waals surface area contributed by atoms with E-state index in [1.54, 1.807) is 13.2 Å². The third-order valence-corrected chi connectivity index (χ3v) is 5.09. The molecule has 1 atom stereocenters. The fourth-order valence-electron chi connectivity index (χ4n) is 3.25. The SMILES string of the molecule is CC[C@H](C)c1cc(Nc2cc3cc(/C(=C/N)N(C)N)nc(N)c3cn2)ncc1C. The molecule has 8 nitrogen and oxygen atoms in total. The quantitative estimate of drug-likeness (QED) is 0.371. The molecule has 29 heavy (non-hydrogen) atoms. The van der Waals surface area contributed by atoms with Gasteiger partial charge in [-0.05, 0) is 54.0 Å². The third-order valence-electron chi connectivity index (χ3n) is 5.09. The molecular formula is C21H28N8. The van der Waals surface area contributed by atoms with Crippen LogP contribution in [0, 0.1) is 6.92 Å². The molecule has 3 aromatic rings. The first-order valence-electron chi connectivity index (χ1n) is 9.54. The lowest BCUT2D eigenvalue weighted by Crippen LogP contribution is -2.25. The van der Waals surface area contributed by atoms with Crippen LogP contribution in [0.2, 0.25) is 0 Å². The molecule has 152 valence electrons. The number of aryl methyl sites for hydroxylation is 1. The topological polar surface area (TPSA) is 132 Å². The predicted molar refractivity (Wildman–Crippen MR) is 119 cm³/mol. The number of fused-ring (bicyclic) bond motifs is 1. The largest absolute Gasteiger partial charge is 0.403 e. The minimum atomic E-state index is 0.366. The fraction of sp³-hybridized carbons (Fsp3) is 0.286. The van der Waals surface area contributed by atoms with Gasteiger partial charge in [0.2, 0.25) is 0 Å². The average Bonchev–Trinajstić information content (AvgIpc) is 2.69. The summed E-state index contributed by atoms with van der Waals surface area (Å²) in [7, 11) is 1.69. The number of anilines is 3. The number of nitrogen functional groups attached to an aromatic ring is 1. The van der Waals surface area contributed by atoms with Gasteiger partial charge in [-0.1, -0.05) is 13.8 Å². The zero-order valence-electron chi connectivity index (χ0n) is 17.3. The maximum Gasteiger partial charge on any atom is 0.133 e. The molecule has 0 aliphatic carbocycles. The first-order valence-corrected chi connectivity index (χ1v) is 9.54. The van der Waals surface area contributed by atoms with Gasteiger partial charge >= 0.3 is 0 Å². The number of hydrazine groups is 1. The first kappa shape index (κ1) is 20.3. The van der Waals surface area contributed by atoms with Crippen molar-refractivity contribution in [3.63, 3.8) is 0 Å². The zero-order chi connectivity index (χ0) is 21.1. The van der Waals surface area contributed by atoms with E-state index in [0.29, 0.717) is 28.9 Å². The standard InChI is InChI=1S/C21H28N8/c1-5-12(2)15-8-20(25-10-13(15)3)28-19-7-14-6-17(18(9-22)29(4)24)27-21(23)16(14)11-26-19/h6-12H,5,22,24H2,1-4H3,(H2,23,27)(H,25,26,28)/b18-9-/t12-/m0/s1. The van der Waals surface area contributed by atoms with Crippen LogP contribution < -0.4 is 22.6 Å². The molecule has 0 aromatic carbocycles. The highest BCUT2D eigenvalue weighted by Gasteiger charge is 2.12. The number of pyridine rings is 3. The second-order valence-corrected chi connectivity index (χ2v) is 7.21. The number of hydrogen-bond donors (Lipinski definition) is 4. The molecule has 0 spiro atoms. The summed E-state index contributed by atoms with van der Waals surface area (Å²) in [6.45, 7) is 6.48. The molecule has 0 bridgehead atoms. The molecule has 3 rings (SSSR count). The Balaban J connectivity index is 1.99. The van der Waals surface area contributed by atoms with Crippen molar-refractivity contribution in [1.82, 2.24) is 20.0 Å². The second kappa shape index (κ2) is 8.32. The van der Waals surface area contributed by atoms with Crippen LogP contribution in [0.15, 0.2) is 36.8 Å². The Morgan fingerprint density at radius 1 is 1.21 bits per heavy atom. The fourth-order valence-corrected chi connectivity index (χ4v) is 3.25. The van der Waals surface area contributed by atoms with Crippen molar-refractivity contribution < 1.29 is 0 Å². The summed E-state index contributed by atoms with van der Waals surface area (Å²) in [5.74, 6) is 8.09. The molecule has 0 unspecified atom stereocenters. The molecular weight excluding hydrogens is 364 g/mol. The van der Waals surface area contributed by atoms with Crippen molar-refractivity contribution in [1.29, 1.82) is 0 Å². The van der Waals surface area contributed by atoms with Crippen LogP contribution in [0.25, 0.3) is 16.5 Å². The van der Waals surface area contributed by atoms with Crippen molar-refractivity contribution in [3.8, 4) is 0 Å². The average molecular weight is 393 g/mol. The van der Waals surface area contributed by atoms with Gasteiger partial charge in [-0.2, -0.15) is 0 Å². The van der Waals surface area contributed by atoms with Crippen LogP contribution in [0.1, 0.15) is 43.0 Å². The maximum absolute atomic E-state index is 6.13. The number of nitrogens with zero attached hydrogens (tertiary/aromatic N) is 4. The van der Waals surface area contributed by atoms with Crippen LogP contribution >= 0.6 is 0 Å². The van der Waals surface area contributed by atoms with E-state index in [2.05, 4.69) is 47.1 Å². The van der Waals surface area contributed by atoms with Crippen LogP contribution in [-0.4, -0.2) is 27.0 Å². The van der Waals surface area contributed by atoms with E-state index in [-0.39, 0.29) is 0 Å². The number of nitrogens with one attached hydrogen (secondary N) is 1. The second-order valence-electron chi connectivity index (χ2n) is 7.21. The smallest absolute Gasteiger partial charge is 0.133 e. The van der Waals surface area contributed by atoms with Crippen molar-refractivity contribution in [2.24, 2.45) is 11.6 Å². The lowest BCUT2D eigenvalue weighted by atomic mass is 9.96. The Hall–Kier alpha value is -3.39. The highest BCUT2D eigenvalue weighted by atomic mass is 15.4. The van der Waals surface area contributed by atoms with Gasteiger partial charge in [-0.15, -0.1) is 0 Å². The van der Waals surface area contributed by atoms with E-state index in [1.807, 2.05) is 18.3 Å². The Labute approximate surface area is 170 Å². The summed E-state index contributed by atoms with van der Waals surface area (Å²) in [4.78, 5) is 13.4. The summed E-state index contributed by atoms with van der Waals surface area (Å²) in [6, 6.07) is 5.88. The van der Waals surface area contributed by atoms with Crippen molar-refractivity contribution >= 4 is 33.9 Å². The molecule has 3 aromatic heterocycles. The van der Waals surface area contributed by atoms with Crippen molar-refractivity contribution in [2.45, 2.75) is 33.1 Å². The van der Waals surface area contributed by atoms with E-state index < -0.39 is 0 Å². The summed E-state index contributed by atoms with van der Waals surface area (Å²) < 4.78 is 0. The van der Waals surface area contributed by atoms with Gasteiger partial charge in [0.15, 0.2) is 0 Å². The minimum absolute atomic E-state index is 0.366. The lowest BCUT2D eigenvalue weighted by Gasteiger charge is -2.17. The number of rotatable bonds is 6. The molecule has 7 N–H and O–H groups in total. The molecule has 0 saturated carbocycles. The Morgan fingerprint density at radius 3 is 2.55 bits per heavy atom. The Bertz CT molecular complexity index is 1060. The molecule has 0 fully saturated rings. The van der Waals surface area contributed by atoms with E-state index in [1.165, 1.54) is 22.3 Å². The Kier molecular flexibility index (Phi) is 5.84. The maximum atomic E-state index is 6.13. The van der Waals surface area contributed by atoms with Gasteiger partial charge in [0, 0.05) is 31.0 Å². The van der Waals surface area contributed by atoms with Gasteiger partial charge < -0.3 is 21.8 Å². The van der Waals surface area contributed by atoms with Gasteiger partial charge in [0.1, 0.15) is 17.5 Å². The van der Waals surface area contributed by atoms with Crippen molar-refractivity contribution in [2.75, 3.05) is 18.1 Å². The van der Waals surface area contributed by atoms with Crippen LogP contribution in [0.5, 0.6) is 0 Å². The molecule has 3 heterocycles. The van der Waals surface area contributed by atoms with Gasteiger partial charge in [-0.25, -0.2) is 20.8 Å². The molecule has 0 radical (unpaired) electrons. The van der Waals surface area contributed by atoms with Gasteiger partial charge in [0.05, 0.1) is 11.4 Å². The zero-order valence-corrected chi connectivity index (χ0v) is 17.3. The predicted octanol–water partition coefficient (Wildman–Crippen LogP) is 3.24. The molecule has 0 saturated heterocycles. The summed E-state index contributed by atoms with van der Waals surface area (Å²) in [5, 5.41) is 6.33. The monoisotopic (exact) mass is 392 g/mol. The van der Waals surface area contributed by atoms with Crippen LogP contribution in [-0.2, 0) is 0 Å². The van der Waals surface area contributed by atoms with E-state index in [9.17, 15) is 0 Å². The van der Waals surface area contributed by atoms with E-state index in [4.69, 9.17) is 17.3 Å². The number of hydrogen-bond acceptors (Lipinski definition) is 8.